The maximum Gasteiger partial charge on any atom is 0.284 e. The van der Waals surface area contributed by atoms with Gasteiger partial charge < -0.3 is 4.74 Å². The Morgan fingerprint density at radius 2 is 1.77 bits per heavy atom. The zero-order chi connectivity index (χ0) is 18.7. The van der Waals surface area contributed by atoms with E-state index in [0.29, 0.717) is 0 Å². The van der Waals surface area contributed by atoms with Crippen LogP contribution in [0.25, 0.3) is 0 Å². The molecule has 0 fully saturated rings. The zero-order valence-corrected chi connectivity index (χ0v) is 15.7. The van der Waals surface area contributed by atoms with Crippen LogP contribution >= 0.6 is 0 Å². The largest absolute Gasteiger partial charge is 0.483 e. The van der Waals surface area contributed by atoms with Crippen molar-refractivity contribution in [2.45, 2.75) is 34.1 Å². The highest BCUT2D eigenvalue weighted by Crippen LogP contribution is 2.20. The van der Waals surface area contributed by atoms with Gasteiger partial charge in [-0.15, -0.1) is 0 Å². The van der Waals surface area contributed by atoms with Crippen LogP contribution in [0.3, 0.4) is 0 Å². The molecule has 3 rings (SSSR count). The lowest BCUT2D eigenvalue weighted by molar-refractivity contribution is 0.0817. The minimum Gasteiger partial charge on any atom is -0.483 e. The summed E-state index contributed by atoms with van der Waals surface area (Å²) in [6, 6.07) is 16.1. The van der Waals surface area contributed by atoms with Gasteiger partial charge in [0, 0.05) is 17.7 Å². The highest BCUT2D eigenvalue weighted by molar-refractivity contribution is 5.80. The summed E-state index contributed by atoms with van der Waals surface area (Å²) in [5.74, 6) is 0.569. The second-order valence-corrected chi connectivity index (χ2v) is 6.67. The van der Waals surface area contributed by atoms with Crippen LogP contribution in [0.1, 0.15) is 38.4 Å². The Balaban J connectivity index is 1.74. The van der Waals surface area contributed by atoms with E-state index in [9.17, 15) is 4.79 Å². The first kappa shape index (κ1) is 17.9. The normalized spacial score (nSPS) is 10.8. The van der Waals surface area contributed by atoms with Crippen LogP contribution in [0, 0.1) is 27.7 Å². The van der Waals surface area contributed by atoms with Crippen molar-refractivity contribution < 1.29 is 9.53 Å². The van der Waals surface area contributed by atoms with E-state index >= 15 is 0 Å². The molecule has 0 amide bonds. The topological polar surface area (TPSA) is 44.1 Å². The minimum absolute atomic E-state index is 0.0311. The predicted octanol–water partition coefficient (Wildman–Crippen LogP) is 4.43. The number of nitrogens with zero attached hydrogens (tertiary/aromatic N) is 2. The molecule has 0 N–H and O–H groups in total. The van der Waals surface area contributed by atoms with Gasteiger partial charge in [0.05, 0.1) is 5.69 Å². The van der Waals surface area contributed by atoms with Crippen LogP contribution in [-0.4, -0.2) is 22.3 Å². The number of carbonyl (C=O) groups excluding carboxylic acids is 1. The van der Waals surface area contributed by atoms with E-state index in [0.717, 1.165) is 34.7 Å². The van der Waals surface area contributed by atoms with Gasteiger partial charge in [0.15, 0.2) is 6.61 Å². The molecule has 0 unspecified atom stereocenters. The Bertz CT molecular complexity index is 927. The van der Waals surface area contributed by atoms with E-state index in [1.54, 1.807) is 0 Å². The summed E-state index contributed by atoms with van der Waals surface area (Å²) in [4.78, 5) is 12.6. The molecular formula is C22H24N2O2. The van der Waals surface area contributed by atoms with Gasteiger partial charge in [0.1, 0.15) is 5.75 Å². The van der Waals surface area contributed by atoms with Crippen LogP contribution < -0.4 is 4.74 Å². The summed E-state index contributed by atoms with van der Waals surface area (Å²) in [6.45, 7) is 7.87. The van der Waals surface area contributed by atoms with Crippen LogP contribution in [0.2, 0.25) is 0 Å². The van der Waals surface area contributed by atoms with Gasteiger partial charge >= 0.3 is 0 Å². The van der Waals surface area contributed by atoms with Crippen molar-refractivity contribution in [2.24, 2.45) is 0 Å². The van der Waals surface area contributed by atoms with E-state index in [-0.39, 0.29) is 12.5 Å². The molecule has 0 aliphatic rings. The number of aromatic nitrogens is 2. The molecule has 26 heavy (non-hydrogen) atoms. The van der Waals surface area contributed by atoms with E-state index in [1.807, 2.05) is 64.1 Å². The van der Waals surface area contributed by atoms with Crippen molar-refractivity contribution >= 4 is 5.91 Å². The Labute approximate surface area is 154 Å². The smallest absolute Gasteiger partial charge is 0.284 e. The lowest BCUT2D eigenvalue weighted by Gasteiger charge is -2.10. The van der Waals surface area contributed by atoms with Crippen molar-refractivity contribution in [1.29, 1.82) is 0 Å². The third kappa shape index (κ3) is 3.85. The minimum atomic E-state index is -0.162. The summed E-state index contributed by atoms with van der Waals surface area (Å²) in [6.07, 6.45) is 0.768. The molecule has 0 aliphatic carbocycles. The second kappa shape index (κ2) is 7.56. The zero-order valence-electron chi connectivity index (χ0n) is 15.7. The first-order chi connectivity index (χ1) is 12.5. The standard InChI is InChI=1S/C22H24N2O2/c1-15-10-11-21(16(2)12-15)26-14-22(25)24-18(4)20(17(3)23-24)13-19-8-6-5-7-9-19/h5-12H,13-14H2,1-4H3. The number of hydrogen-bond acceptors (Lipinski definition) is 3. The Morgan fingerprint density at radius 3 is 2.46 bits per heavy atom. The number of aryl methyl sites for hydroxylation is 3. The van der Waals surface area contributed by atoms with Crippen molar-refractivity contribution in [3.63, 3.8) is 0 Å². The summed E-state index contributed by atoms with van der Waals surface area (Å²) in [7, 11) is 0. The third-order valence-corrected chi connectivity index (χ3v) is 4.58. The molecule has 0 spiro atoms. The van der Waals surface area contributed by atoms with E-state index < -0.39 is 0 Å². The Morgan fingerprint density at radius 1 is 1.04 bits per heavy atom. The predicted molar refractivity (Wildman–Crippen MR) is 103 cm³/mol. The summed E-state index contributed by atoms with van der Waals surface area (Å²) in [5, 5.41) is 4.44. The van der Waals surface area contributed by atoms with Crippen molar-refractivity contribution in [3.05, 3.63) is 82.2 Å². The van der Waals surface area contributed by atoms with E-state index in [2.05, 4.69) is 17.2 Å². The van der Waals surface area contributed by atoms with Crippen LogP contribution in [0.15, 0.2) is 48.5 Å². The highest BCUT2D eigenvalue weighted by Gasteiger charge is 2.17. The maximum absolute atomic E-state index is 12.6. The maximum atomic E-state index is 12.6. The molecule has 2 aromatic carbocycles. The van der Waals surface area contributed by atoms with Gasteiger partial charge in [0.25, 0.3) is 5.91 Å². The van der Waals surface area contributed by atoms with Crippen LogP contribution in [0.5, 0.6) is 5.75 Å². The molecule has 1 heterocycles. The molecule has 0 saturated carbocycles. The van der Waals surface area contributed by atoms with Crippen LogP contribution in [0.4, 0.5) is 0 Å². The number of ether oxygens (including phenoxy) is 1. The fourth-order valence-corrected chi connectivity index (χ4v) is 3.14. The average Bonchev–Trinajstić information content (AvgIpc) is 2.90. The summed E-state index contributed by atoms with van der Waals surface area (Å²) in [5.41, 5.74) is 6.25. The first-order valence-electron chi connectivity index (χ1n) is 8.78. The van der Waals surface area contributed by atoms with E-state index in [1.165, 1.54) is 15.8 Å². The molecule has 0 radical (unpaired) electrons. The monoisotopic (exact) mass is 348 g/mol. The first-order valence-corrected chi connectivity index (χ1v) is 8.78. The highest BCUT2D eigenvalue weighted by atomic mass is 16.5. The second-order valence-electron chi connectivity index (χ2n) is 6.67. The quantitative estimate of drug-likeness (QED) is 0.685. The lowest BCUT2D eigenvalue weighted by Crippen LogP contribution is -2.22. The summed E-state index contributed by atoms with van der Waals surface area (Å²) < 4.78 is 7.19. The molecule has 0 bridgehead atoms. The SMILES string of the molecule is Cc1ccc(OCC(=O)n2nc(C)c(Cc3ccccc3)c2C)c(C)c1. The molecular weight excluding hydrogens is 324 g/mol. The molecule has 4 nitrogen and oxygen atoms in total. The van der Waals surface area contributed by atoms with Gasteiger partial charge in [-0.2, -0.15) is 5.10 Å². The number of carbonyl (C=O) groups is 1. The molecule has 0 atom stereocenters. The molecule has 0 aliphatic heterocycles. The van der Waals surface area contributed by atoms with Gasteiger partial charge in [-0.1, -0.05) is 48.0 Å². The number of rotatable bonds is 5. The lowest BCUT2D eigenvalue weighted by atomic mass is 10.0. The Hall–Kier alpha value is -2.88. The average molecular weight is 348 g/mol. The third-order valence-electron chi connectivity index (χ3n) is 4.58. The van der Waals surface area contributed by atoms with Gasteiger partial charge in [-0.25, -0.2) is 4.68 Å². The van der Waals surface area contributed by atoms with Gasteiger partial charge in [-0.3, -0.25) is 4.79 Å². The van der Waals surface area contributed by atoms with E-state index in [4.69, 9.17) is 4.74 Å². The number of benzene rings is 2. The molecule has 3 aromatic rings. The molecule has 4 heteroatoms. The van der Waals surface area contributed by atoms with Gasteiger partial charge in [-0.05, 0) is 44.9 Å². The van der Waals surface area contributed by atoms with Crippen molar-refractivity contribution in [3.8, 4) is 5.75 Å². The number of hydrogen-bond donors (Lipinski definition) is 0. The molecule has 134 valence electrons. The fourth-order valence-electron chi connectivity index (χ4n) is 3.14. The molecule has 0 saturated heterocycles. The van der Waals surface area contributed by atoms with Crippen molar-refractivity contribution in [1.82, 2.24) is 9.78 Å². The Kier molecular flexibility index (Phi) is 5.21. The molecule has 1 aromatic heterocycles. The summed E-state index contributed by atoms with van der Waals surface area (Å²) >= 11 is 0. The fraction of sp³-hybridized carbons (Fsp3) is 0.273. The van der Waals surface area contributed by atoms with Crippen LogP contribution in [-0.2, 0) is 6.42 Å². The van der Waals surface area contributed by atoms with Gasteiger partial charge in [0.2, 0.25) is 0 Å². The van der Waals surface area contributed by atoms with Crippen molar-refractivity contribution in [2.75, 3.05) is 6.61 Å².